The van der Waals surface area contributed by atoms with Crippen LogP contribution in [0.5, 0.6) is 0 Å². The van der Waals surface area contributed by atoms with E-state index >= 15 is 0 Å². The molecule has 0 amide bonds. The summed E-state index contributed by atoms with van der Waals surface area (Å²) in [6, 6.07) is 5.12. The monoisotopic (exact) mass is 318 g/mol. The van der Waals surface area contributed by atoms with Gasteiger partial charge in [0.2, 0.25) is 0 Å². The average Bonchev–Trinajstić information content (AvgIpc) is 2.65. The maximum atomic E-state index is 12.0. The summed E-state index contributed by atoms with van der Waals surface area (Å²) >= 11 is 12.4. The molecule has 4 nitrogen and oxygen atoms in total. The Morgan fingerprint density at radius 3 is 2.45 bits per heavy atom. The maximum Gasteiger partial charge on any atom is 0.338 e. The average molecular weight is 319 g/mol. The van der Waals surface area contributed by atoms with Crippen molar-refractivity contribution in [3.63, 3.8) is 0 Å². The van der Waals surface area contributed by atoms with Crippen LogP contribution in [-0.4, -0.2) is 24.5 Å². The zero-order chi connectivity index (χ0) is 14.9. The van der Waals surface area contributed by atoms with Gasteiger partial charge in [-0.3, -0.25) is 0 Å². The normalized spacial score (nSPS) is 24.6. The number of carbonyl (C=O) groups is 1. The van der Waals surface area contributed by atoms with E-state index in [1.54, 1.807) is 39.0 Å². The molecule has 2 unspecified atom stereocenters. The van der Waals surface area contributed by atoms with E-state index < -0.39 is 24.0 Å². The van der Waals surface area contributed by atoms with Crippen LogP contribution in [0.2, 0.25) is 10.0 Å². The van der Waals surface area contributed by atoms with Crippen LogP contribution in [0, 0.1) is 0 Å². The molecule has 110 valence electrons. The summed E-state index contributed by atoms with van der Waals surface area (Å²) < 4.78 is 16.4. The molecule has 1 aliphatic rings. The van der Waals surface area contributed by atoms with Gasteiger partial charge in [0.15, 0.2) is 11.9 Å². The van der Waals surface area contributed by atoms with Crippen molar-refractivity contribution in [1.29, 1.82) is 0 Å². The molecule has 0 N–H and O–H groups in total. The summed E-state index contributed by atoms with van der Waals surface area (Å²) in [5.41, 5.74) is 0.541. The Bertz CT molecular complexity index is 496. The smallest absolute Gasteiger partial charge is 0.338 e. The molecule has 1 saturated heterocycles. The second kappa shape index (κ2) is 5.90. The van der Waals surface area contributed by atoms with Crippen molar-refractivity contribution in [2.24, 2.45) is 0 Å². The molecule has 0 aromatic heterocycles. The minimum Gasteiger partial charge on any atom is -0.464 e. The van der Waals surface area contributed by atoms with Crippen LogP contribution in [0.4, 0.5) is 0 Å². The first kappa shape index (κ1) is 15.6. The Morgan fingerprint density at radius 2 is 1.90 bits per heavy atom. The number of hydrogen-bond donors (Lipinski definition) is 0. The molecule has 0 saturated carbocycles. The number of carbonyl (C=O) groups excluding carboxylic acids is 1. The molecule has 1 fully saturated rings. The van der Waals surface area contributed by atoms with Crippen molar-refractivity contribution in [3.05, 3.63) is 33.8 Å². The Hall–Kier alpha value is -0.810. The van der Waals surface area contributed by atoms with Crippen molar-refractivity contribution in [2.45, 2.75) is 38.8 Å². The second-order valence-electron chi connectivity index (χ2n) is 4.86. The molecule has 20 heavy (non-hydrogen) atoms. The fraction of sp³-hybridized carbons (Fsp3) is 0.500. The quantitative estimate of drug-likeness (QED) is 0.796. The summed E-state index contributed by atoms with van der Waals surface area (Å²) in [5.74, 6) is -1.40. The second-order valence-corrected chi connectivity index (χ2v) is 5.68. The number of hydrogen-bond acceptors (Lipinski definition) is 4. The van der Waals surface area contributed by atoms with E-state index in [2.05, 4.69) is 0 Å². The van der Waals surface area contributed by atoms with E-state index in [0.717, 1.165) is 0 Å². The first-order valence-corrected chi connectivity index (χ1v) is 7.07. The summed E-state index contributed by atoms with van der Waals surface area (Å²) in [5, 5.41) is 0.858. The lowest BCUT2D eigenvalue weighted by atomic mass is 10.0. The molecule has 0 bridgehead atoms. The molecular formula is C14H16Cl2O4. The summed E-state index contributed by atoms with van der Waals surface area (Å²) in [4.78, 5) is 12.0. The van der Waals surface area contributed by atoms with Crippen LogP contribution in [0.25, 0.3) is 0 Å². The fourth-order valence-corrected chi connectivity index (χ4v) is 2.76. The molecule has 0 radical (unpaired) electrons. The topological polar surface area (TPSA) is 44.8 Å². The lowest BCUT2D eigenvalue weighted by Crippen LogP contribution is -2.30. The third-order valence-electron chi connectivity index (χ3n) is 2.90. The lowest BCUT2D eigenvalue weighted by molar-refractivity contribution is -0.170. The van der Waals surface area contributed by atoms with E-state index in [1.165, 1.54) is 0 Å². The summed E-state index contributed by atoms with van der Waals surface area (Å²) in [6.45, 7) is 5.45. The largest absolute Gasteiger partial charge is 0.464 e. The van der Waals surface area contributed by atoms with E-state index in [9.17, 15) is 4.79 Å². The van der Waals surface area contributed by atoms with Gasteiger partial charge in [-0.1, -0.05) is 29.3 Å². The molecule has 1 aromatic rings. The van der Waals surface area contributed by atoms with Crippen molar-refractivity contribution in [3.8, 4) is 0 Å². The van der Waals surface area contributed by atoms with Gasteiger partial charge in [-0.15, -0.1) is 0 Å². The molecular weight excluding hydrogens is 303 g/mol. The van der Waals surface area contributed by atoms with Crippen molar-refractivity contribution in [2.75, 3.05) is 6.61 Å². The number of esters is 1. The van der Waals surface area contributed by atoms with Crippen LogP contribution in [-0.2, 0) is 19.0 Å². The Morgan fingerprint density at radius 1 is 1.30 bits per heavy atom. The van der Waals surface area contributed by atoms with Gasteiger partial charge in [-0.2, -0.15) is 0 Å². The van der Waals surface area contributed by atoms with Crippen LogP contribution >= 0.6 is 23.2 Å². The molecule has 1 aromatic carbocycles. The van der Waals surface area contributed by atoms with Gasteiger partial charge in [-0.05, 0) is 32.9 Å². The zero-order valence-corrected chi connectivity index (χ0v) is 13.0. The Labute approximate surface area is 127 Å². The Balaban J connectivity index is 2.39. The summed E-state index contributed by atoms with van der Waals surface area (Å²) in [6.07, 6.45) is -1.58. The van der Waals surface area contributed by atoms with E-state index in [-0.39, 0.29) is 6.61 Å². The van der Waals surface area contributed by atoms with Gasteiger partial charge < -0.3 is 14.2 Å². The number of halogens is 2. The lowest BCUT2D eigenvalue weighted by Gasteiger charge is -2.18. The highest BCUT2D eigenvalue weighted by Gasteiger charge is 2.48. The molecule has 2 atom stereocenters. The molecule has 6 heteroatoms. The highest BCUT2D eigenvalue weighted by molar-refractivity contribution is 6.36. The fourth-order valence-electron chi connectivity index (χ4n) is 2.15. The number of benzene rings is 1. The van der Waals surface area contributed by atoms with Gasteiger partial charge in [0.05, 0.1) is 6.61 Å². The minimum atomic E-state index is -0.912. The van der Waals surface area contributed by atoms with Crippen LogP contribution < -0.4 is 0 Å². The molecule has 1 aliphatic heterocycles. The van der Waals surface area contributed by atoms with Crippen molar-refractivity contribution < 1.29 is 19.0 Å². The van der Waals surface area contributed by atoms with E-state index in [4.69, 9.17) is 37.4 Å². The minimum absolute atomic E-state index is 0.266. The predicted octanol–water partition coefficient (Wildman–Crippen LogP) is 3.75. The zero-order valence-electron chi connectivity index (χ0n) is 11.5. The van der Waals surface area contributed by atoms with Gasteiger partial charge >= 0.3 is 5.97 Å². The van der Waals surface area contributed by atoms with E-state index in [1.807, 2.05) is 0 Å². The van der Waals surface area contributed by atoms with Crippen molar-refractivity contribution >= 4 is 29.2 Å². The molecule has 0 spiro atoms. The predicted molar refractivity (Wildman–Crippen MR) is 75.9 cm³/mol. The van der Waals surface area contributed by atoms with Crippen molar-refractivity contribution in [1.82, 2.24) is 0 Å². The van der Waals surface area contributed by atoms with Crippen LogP contribution in [0.3, 0.4) is 0 Å². The highest BCUT2D eigenvalue weighted by Crippen LogP contribution is 2.43. The molecule has 1 heterocycles. The van der Waals surface area contributed by atoms with Gasteiger partial charge in [0.25, 0.3) is 0 Å². The third kappa shape index (κ3) is 3.09. The first-order chi connectivity index (χ1) is 9.35. The van der Waals surface area contributed by atoms with Crippen LogP contribution in [0.15, 0.2) is 18.2 Å². The highest BCUT2D eigenvalue weighted by atomic mass is 35.5. The SMILES string of the molecule is CCOC(=O)C1OC(C)(C)OC1c1c(Cl)cccc1Cl. The van der Waals surface area contributed by atoms with Gasteiger partial charge in [0, 0.05) is 15.6 Å². The Kier molecular flexibility index (Phi) is 4.59. The maximum absolute atomic E-state index is 12.0. The standard InChI is InChI=1S/C14H16Cl2O4/c1-4-18-13(17)12-11(19-14(2,3)20-12)10-8(15)6-5-7-9(10)16/h5-7,11-12H,4H2,1-3H3. The number of rotatable bonds is 3. The first-order valence-electron chi connectivity index (χ1n) is 6.32. The molecule has 2 rings (SSSR count). The third-order valence-corrected chi connectivity index (χ3v) is 3.56. The molecule has 0 aliphatic carbocycles. The summed E-state index contributed by atoms with van der Waals surface area (Å²) in [7, 11) is 0. The van der Waals surface area contributed by atoms with Gasteiger partial charge in [-0.25, -0.2) is 4.79 Å². The van der Waals surface area contributed by atoms with Crippen LogP contribution in [0.1, 0.15) is 32.4 Å². The van der Waals surface area contributed by atoms with E-state index in [0.29, 0.717) is 15.6 Å². The number of ether oxygens (including phenoxy) is 3. The van der Waals surface area contributed by atoms with Gasteiger partial charge in [0.1, 0.15) is 6.10 Å².